The molecule has 1 aliphatic heterocycles. The fourth-order valence-corrected chi connectivity index (χ4v) is 5.90. The number of nitrogens with one attached hydrogen (secondary N) is 1. The molecule has 0 spiro atoms. The van der Waals surface area contributed by atoms with Gasteiger partial charge in [-0.25, -0.2) is 0 Å². The first kappa shape index (κ1) is 25.7. The second-order valence-corrected chi connectivity index (χ2v) is 10.4. The molecule has 5 atom stereocenters. The van der Waals surface area contributed by atoms with Gasteiger partial charge in [-0.15, -0.1) is 0 Å². The SMILES string of the molecule is COc1cncc2c1[C@]1(O)[C@H](O)[C@H](C(=O)NCC(C)(C)O)[C@@H](c3ccccc3)[C@]1(c1ccc(C#N)cc1)O2. The van der Waals surface area contributed by atoms with E-state index in [4.69, 9.17) is 9.47 Å². The van der Waals surface area contributed by atoms with Crippen LogP contribution in [0, 0.1) is 17.2 Å². The van der Waals surface area contributed by atoms with Gasteiger partial charge in [0.2, 0.25) is 5.91 Å². The molecule has 9 heteroatoms. The molecule has 1 aromatic heterocycles. The minimum Gasteiger partial charge on any atom is -0.495 e. The number of hydrogen-bond acceptors (Lipinski definition) is 8. The Kier molecular flexibility index (Phi) is 6.15. The molecule has 0 radical (unpaired) electrons. The highest BCUT2D eigenvalue weighted by molar-refractivity contribution is 5.83. The van der Waals surface area contributed by atoms with Crippen molar-refractivity contribution in [1.82, 2.24) is 10.3 Å². The maximum Gasteiger partial charge on any atom is 0.226 e. The van der Waals surface area contributed by atoms with E-state index in [-0.39, 0.29) is 23.6 Å². The Morgan fingerprint density at radius 2 is 1.87 bits per heavy atom. The second-order valence-electron chi connectivity index (χ2n) is 10.4. The zero-order chi connectivity index (χ0) is 27.3. The van der Waals surface area contributed by atoms with Crippen LogP contribution in [0.4, 0.5) is 0 Å². The maximum absolute atomic E-state index is 13.8. The number of aliphatic hydroxyl groups excluding tert-OH is 1. The lowest BCUT2D eigenvalue weighted by molar-refractivity contribution is -0.154. The van der Waals surface area contributed by atoms with Crippen molar-refractivity contribution in [3.63, 3.8) is 0 Å². The number of hydrogen-bond donors (Lipinski definition) is 4. The van der Waals surface area contributed by atoms with Gasteiger partial charge in [0.25, 0.3) is 0 Å². The molecule has 0 bridgehead atoms. The number of fused-ring (bicyclic) bond motifs is 3. The number of aliphatic hydroxyl groups is 3. The highest BCUT2D eigenvalue weighted by Crippen LogP contribution is 2.69. The fourth-order valence-electron chi connectivity index (χ4n) is 5.90. The molecule has 5 rings (SSSR count). The molecular weight excluding hydrogens is 486 g/mol. The summed E-state index contributed by atoms with van der Waals surface area (Å²) in [5, 5.41) is 47.0. The Morgan fingerprint density at radius 1 is 1.18 bits per heavy atom. The van der Waals surface area contributed by atoms with Crippen molar-refractivity contribution in [3.8, 4) is 17.6 Å². The van der Waals surface area contributed by atoms with Crippen molar-refractivity contribution in [3.05, 3.63) is 89.2 Å². The molecule has 0 unspecified atom stereocenters. The Morgan fingerprint density at radius 3 is 2.47 bits per heavy atom. The van der Waals surface area contributed by atoms with Crippen LogP contribution in [0.3, 0.4) is 0 Å². The number of nitriles is 1. The first-order chi connectivity index (χ1) is 18.1. The predicted molar refractivity (Wildman–Crippen MR) is 136 cm³/mol. The molecule has 0 saturated heterocycles. The monoisotopic (exact) mass is 515 g/mol. The molecule has 1 amide bonds. The van der Waals surface area contributed by atoms with Gasteiger partial charge in [0.1, 0.15) is 17.6 Å². The second kappa shape index (κ2) is 9.10. The van der Waals surface area contributed by atoms with E-state index in [1.807, 2.05) is 30.3 Å². The number of benzene rings is 2. The predicted octanol–water partition coefficient (Wildman–Crippen LogP) is 2.10. The number of amides is 1. The van der Waals surface area contributed by atoms with E-state index in [0.29, 0.717) is 16.7 Å². The third-order valence-electron chi connectivity index (χ3n) is 7.48. The van der Waals surface area contributed by atoms with E-state index in [1.165, 1.54) is 19.5 Å². The molecule has 3 aromatic rings. The first-order valence-electron chi connectivity index (χ1n) is 12.3. The number of rotatable bonds is 6. The summed E-state index contributed by atoms with van der Waals surface area (Å²) in [7, 11) is 1.42. The normalized spacial score (nSPS) is 27.6. The zero-order valence-electron chi connectivity index (χ0n) is 21.3. The summed E-state index contributed by atoms with van der Waals surface area (Å²) in [6.45, 7) is 3.05. The Balaban J connectivity index is 1.80. The van der Waals surface area contributed by atoms with E-state index in [9.17, 15) is 25.4 Å². The summed E-state index contributed by atoms with van der Waals surface area (Å²) in [4.78, 5) is 17.9. The van der Waals surface area contributed by atoms with E-state index >= 15 is 0 Å². The molecule has 2 heterocycles. The van der Waals surface area contributed by atoms with Crippen molar-refractivity contribution in [2.75, 3.05) is 13.7 Å². The van der Waals surface area contributed by atoms with Gasteiger partial charge in [-0.2, -0.15) is 5.26 Å². The van der Waals surface area contributed by atoms with E-state index < -0.39 is 40.7 Å². The number of carbonyl (C=O) groups is 1. The molecule has 9 nitrogen and oxygen atoms in total. The van der Waals surface area contributed by atoms with Gasteiger partial charge < -0.3 is 30.1 Å². The van der Waals surface area contributed by atoms with Gasteiger partial charge in [0.15, 0.2) is 11.2 Å². The highest BCUT2D eigenvalue weighted by Gasteiger charge is 2.78. The summed E-state index contributed by atoms with van der Waals surface area (Å²) in [5.41, 5.74) is -3.35. The number of carbonyl (C=O) groups excluding carboxylic acids is 1. The van der Waals surface area contributed by atoms with Gasteiger partial charge in [-0.3, -0.25) is 9.78 Å². The molecular formula is C29H29N3O6. The minimum absolute atomic E-state index is 0.0659. The Labute approximate surface area is 220 Å². The standard InChI is InChI=1S/C29H29N3O6/c1-27(2,35)16-32-26(34)22-23(18-7-5-4-6-8-18)29(19-11-9-17(13-30)10-12-19)28(36,25(22)33)24-20(37-3)14-31-15-21(24)38-29/h4-12,14-15,22-23,25,33,35-36H,16H2,1-3H3,(H,32,34)/t22-,23-,25-,28+,29+/m1/s1. The molecule has 196 valence electrons. The number of methoxy groups -OCH3 is 1. The third-order valence-corrected chi connectivity index (χ3v) is 7.48. The quantitative estimate of drug-likeness (QED) is 0.391. The molecule has 2 aliphatic rings. The molecule has 2 aromatic carbocycles. The van der Waals surface area contributed by atoms with Crippen molar-refractivity contribution >= 4 is 5.91 Å². The van der Waals surface area contributed by atoms with E-state index in [1.54, 1.807) is 38.1 Å². The smallest absolute Gasteiger partial charge is 0.226 e. The van der Waals surface area contributed by atoms with Crippen LogP contribution in [0.2, 0.25) is 0 Å². The number of aromatic nitrogens is 1. The van der Waals surface area contributed by atoms with Crippen LogP contribution < -0.4 is 14.8 Å². The summed E-state index contributed by atoms with van der Waals surface area (Å²) >= 11 is 0. The highest BCUT2D eigenvalue weighted by atomic mass is 16.5. The summed E-state index contributed by atoms with van der Waals surface area (Å²) in [5.74, 6) is -2.22. The zero-order valence-corrected chi connectivity index (χ0v) is 21.3. The van der Waals surface area contributed by atoms with Gasteiger partial charge in [-0.1, -0.05) is 42.5 Å². The van der Waals surface area contributed by atoms with Gasteiger partial charge in [-0.05, 0) is 37.1 Å². The topological polar surface area (TPSA) is 145 Å². The minimum atomic E-state index is -2.15. The van der Waals surface area contributed by atoms with Gasteiger partial charge in [0.05, 0.1) is 48.2 Å². The summed E-state index contributed by atoms with van der Waals surface area (Å²) in [6.07, 6.45) is 1.21. The van der Waals surface area contributed by atoms with Crippen LogP contribution in [0.25, 0.3) is 0 Å². The number of pyridine rings is 1. The van der Waals surface area contributed by atoms with Crippen LogP contribution >= 0.6 is 0 Å². The first-order valence-corrected chi connectivity index (χ1v) is 12.3. The molecule has 1 aliphatic carbocycles. The lowest BCUT2D eigenvalue weighted by Crippen LogP contribution is -2.52. The fraction of sp³-hybridized carbons (Fsp3) is 0.345. The molecule has 1 saturated carbocycles. The van der Waals surface area contributed by atoms with Crippen molar-refractivity contribution in [2.24, 2.45) is 5.92 Å². The Hall–Kier alpha value is -3.97. The summed E-state index contributed by atoms with van der Waals surface area (Å²) in [6, 6.07) is 17.7. The van der Waals surface area contributed by atoms with Gasteiger partial charge >= 0.3 is 0 Å². The van der Waals surface area contributed by atoms with E-state index in [2.05, 4.69) is 16.4 Å². The van der Waals surface area contributed by atoms with Crippen LogP contribution in [0.5, 0.6) is 11.5 Å². The van der Waals surface area contributed by atoms with Gasteiger partial charge in [0, 0.05) is 12.5 Å². The van der Waals surface area contributed by atoms with Crippen molar-refractivity contribution in [1.29, 1.82) is 5.26 Å². The Bertz CT molecular complexity index is 1400. The van der Waals surface area contributed by atoms with E-state index in [0.717, 1.165) is 0 Å². The lowest BCUT2D eigenvalue weighted by atomic mass is 9.70. The van der Waals surface area contributed by atoms with Crippen molar-refractivity contribution < 1.29 is 29.6 Å². The maximum atomic E-state index is 13.8. The third kappa shape index (κ3) is 3.64. The van der Waals surface area contributed by atoms with Crippen LogP contribution in [-0.4, -0.2) is 51.6 Å². The average Bonchev–Trinajstić information content (AvgIpc) is 3.30. The molecule has 4 N–H and O–H groups in total. The number of ether oxygens (including phenoxy) is 2. The molecule has 38 heavy (non-hydrogen) atoms. The van der Waals surface area contributed by atoms with Crippen LogP contribution in [-0.2, 0) is 16.0 Å². The molecule has 1 fully saturated rings. The van der Waals surface area contributed by atoms with Crippen molar-refractivity contribution in [2.45, 2.75) is 42.7 Å². The summed E-state index contributed by atoms with van der Waals surface area (Å²) < 4.78 is 12.2. The average molecular weight is 516 g/mol. The largest absolute Gasteiger partial charge is 0.495 e. The van der Waals surface area contributed by atoms with Crippen LogP contribution in [0.15, 0.2) is 67.0 Å². The van der Waals surface area contributed by atoms with Crippen LogP contribution in [0.1, 0.15) is 42.0 Å². The lowest BCUT2D eigenvalue weighted by Gasteiger charge is -2.40. The number of nitrogens with zero attached hydrogens (tertiary/aromatic N) is 2.